The van der Waals surface area contributed by atoms with Crippen LogP contribution in [0, 0.1) is 6.92 Å². The Kier molecular flexibility index (Phi) is 2.10. The summed E-state index contributed by atoms with van der Waals surface area (Å²) >= 11 is 0. The van der Waals surface area contributed by atoms with Gasteiger partial charge in [0.15, 0.2) is 0 Å². The largest absolute Gasteiger partial charge is 0.364 e. The zero-order chi connectivity index (χ0) is 7.56. The second kappa shape index (κ2) is 2.86. The van der Waals surface area contributed by atoms with E-state index in [0.717, 1.165) is 12.1 Å². The van der Waals surface area contributed by atoms with Crippen LogP contribution in [0.5, 0.6) is 0 Å². The highest BCUT2D eigenvalue weighted by Crippen LogP contribution is 2.20. The number of aromatic nitrogens is 1. The molecule has 1 aromatic heterocycles. The third-order valence-electron chi connectivity index (χ3n) is 1.93. The molecule has 0 aliphatic heterocycles. The topological polar surface area (TPSA) is 26.0 Å². The first-order valence-electron chi connectivity index (χ1n) is 3.66. The van der Waals surface area contributed by atoms with Gasteiger partial charge in [0.2, 0.25) is 0 Å². The number of nitrogens with zero attached hydrogens (tertiary/aromatic N) is 1. The summed E-state index contributed by atoms with van der Waals surface area (Å²) in [4.78, 5) is 0. The fourth-order valence-electron chi connectivity index (χ4n) is 0.993. The van der Waals surface area contributed by atoms with Crippen LogP contribution >= 0.6 is 0 Å². The summed E-state index contributed by atoms with van der Waals surface area (Å²) in [5, 5.41) is 3.81. The fraction of sp³-hybridized carbons (Fsp3) is 0.625. The van der Waals surface area contributed by atoms with E-state index < -0.39 is 0 Å². The Morgan fingerprint density at radius 1 is 1.70 bits per heavy atom. The molecule has 0 N–H and O–H groups in total. The Labute approximate surface area is 61.2 Å². The molecule has 2 nitrogen and oxygen atoms in total. The van der Waals surface area contributed by atoms with Gasteiger partial charge >= 0.3 is 0 Å². The lowest BCUT2D eigenvalue weighted by atomic mass is 10.0. The lowest BCUT2D eigenvalue weighted by molar-refractivity contribution is 0.414. The van der Waals surface area contributed by atoms with Crippen molar-refractivity contribution in [2.24, 2.45) is 0 Å². The average Bonchev–Trinajstić information content (AvgIpc) is 2.34. The average molecular weight is 139 g/mol. The SMILES string of the molecule is CCC(C)c1conc1C. The zero-order valence-electron chi connectivity index (χ0n) is 6.72. The van der Waals surface area contributed by atoms with Crippen LogP contribution in [-0.4, -0.2) is 5.16 Å². The minimum atomic E-state index is 0.575. The Hall–Kier alpha value is -0.790. The zero-order valence-corrected chi connectivity index (χ0v) is 6.72. The quantitative estimate of drug-likeness (QED) is 0.629. The Bertz CT molecular complexity index is 205. The van der Waals surface area contributed by atoms with Gasteiger partial charge in [-0.2, -0.15) is 0 Å². The van der Waals surface area contributed by atoms with Crippen molar-refractivity contribution in [3.8, 4) is 0 Å². The van der Waals surface area contributed by atoms with Gasteiger partial charge in [-0.3, -0.25) is 0 Å². The number of aryl methyl sites for hydroxylation is 1. The summed E-state index contributed by atoms with van der Waals surface area (Å²) in [6, 6.07) is 0. The van der Waals surface area contributed by atoms with Gasteiger partial charge in [0.1, 0.15) is 6.26 Å². The van der Waals surface area contributed by atoms with Gasteiger partial charge in [-0.1, -0.05) is 19.0 Å². The first kappa shape index (κ1) is 7.32. The molecule has 0 saturated carbocycles. The molecule has 1 aromatic rings. The molecule has 0 aliphatic rings. The maximum atomic E-state index is 4.82. The molecule has 1 heterocycles. The molecule has 2 heteroatoms. The maximum absolute atomic E-state index is 4.82. The van der Waals surface area contributed by atoms with Gasteiger partial charge < -0.3 is 4.52 Å². The molecule has 0 radical (unpaired) electrons. The van der Waals surface area contributed by atoms with E-state index in [-0.39, 0.29) is 0 Å². The minimum Gasteiger partial charge on any atom is -0.364 e. The summed E-state index contributed by atoms with van der Waals surface area (Å²) < 4.78 is 4.82. The van der Waals surface area contributed by atoms with Crippen LogP contribution in [0.1, 0.15) is 37.4 Å². The maximum Gasteiger partial charge on any atom is 0.127 e. The van der Waals surface area contributed by atoms with Gasteiger partial charge in [-0.25, -0.2) is 0 Å². The normalized spacial score (nSPS) is 13.5. The third-order valence-corrected chi connectivity index (χ3v) is 1.93. The van der Waals surface area contributed by atoms with Crippen molar-refractivity contribution in [3.63, 3.8) is 0 Å². The van der Waals surface area contributed by atoms with Gasteiger partial charge in [-0.05, 0) is 19.3 Å². The highest BCUT2D eigenvalue weighted by atomic mass is 16.5. The Morgan fingerprint density at radius 2 is 2.40 bits per heavy atom. The second-order valence-corrected chi connectivity index (χ2v) is 2.66. The van der Waals surface area contributed by atoms with Crippen LogP contribution in [0.25, 0.3) is 0 Å². The second-order valence-electron chi connectivity index (χ2n) is 2.66. The van der Waals surface area contributed by atoms with Crippen molar-refractivity contribution in [1.82, 2.24) is 5.16 Å². The fourth-order valence-corrected chi connectivity index (χ4v) is 0.993. The lowest BCUT2D eigenvalue weighted by Crippen LogP contribution is -1.90. The van der Waals surface area contributed by atoms with E-state index in [4.69, 9.17) is 4.52 Å². The van der Waals surface area contributed by atoms with Crippen LogP contribution in [0.3, 0.4) is 0 Å². The van der Waals surface area contributed by atoms with Crippen molar-refractivity contribution < 1.29 is 4.52 Å². The smallest absolute Gasteiger partial charge is 0.127 e. The molecule has 1 atom stereocenters. The van der Waals surface area contributed by atoms with Crippen LogP contribution in [0.2, 0.25) is 0 Å². The predicted molar refractivity (Wildman–Crippen MR) is 39.9 cm³/mol. The standard InChI is InChI=1S/C8H13NO/c1-4-6(2)8-5-10-9-7(8)3/h5-6H,4H2,1-3H3. The molecule has 1 unspecified atom stereocenters. The van der Waals surface area contributed by atoms with Crippen LogP contribution in [0.4, 0.5) is 0 Å². The van der Waals surface area contributed by atoms with E-state index >= 15 is 0 Å². The van der Waals surface area contributed by atoms with Gasteiger partial charge in [-0.15, -0.1) is 0 Å². The molecule has 10 heavy (non-hydrogen) atoms. The minimum absolute atomic E-state index is 0.575. The molecular formula is C8H13NO. The van der Waals surface area contributed by atoms with Crippen LogP contribution in [-0.2, 0) is 0 Å². The van der Waals surface area contributed by atoms with Gasteiger partial charge in [0, 0.05) is 5.56 Å². The van der Waals surface area contributed by atoms with Gasteiger partial charge in [0.05, 0.1) is 5.69 Å². The Morgan fingerprint density at radius 3 is 2.80 bits per heavy atom. The number of rotatable bonds is 2. The molecule has 56 valence electrons. The highest BCUT2D eigenvalue weighted by Gasteiger charge is 2.08. The molecule has 0 spiro atoms. The first-order valence-corrected chi connectivity index (χ1v) is 3.66. The van der Waals surface area contributed by atoms with Crippen LogP contribution in [0.15, 0.2) is 10.8 Å². The van der Waals surface area contributed by atoms with E-state index in [1.54, 1.807) is 6.26 Å². The molecule has 0 bridgehead atoms. The monoisotopic (exact) mass is 139 g/mol. The van der Waals surface area contributed by atoms with E-state index in [9.17, 15) is 0 Å². The summed E-state index contributed by atoms with van der Waals surface area (Å²) in [6.45, 7) is 6.32. The summed E-state index contributed by atoms with van der Waals surface area (Å²) in [7, 11) is 0. The molecule has 0 fully saturated rings. The van der Waals surface area contributed by atoms with Crippen molar-refractivity contribution in [2.45, 2.75) is 33.1 Å². The van der Waals surface area contributed by atoms with Gasteiger partial charge in [0.25, 0.3) is 0 Å². The van der Waals surface area contributed by atoms with Crippen molar-refractivity contribution in [2.75, 3.05) is 0 Å². The molecule has 0 aliphatic carbocycles. The van der Waals surface area contributed by atoms with Crippen molar-refractivity contribution >= 4 is 0 Å². The molecule has 0 saturated heterocycles. The predicted octanol–water partition coefficient (Wildman–Crippen LogP) is 2.50. The summed E-state index contributed by atoms with van der Waals surface area (Å²) in [5.41, 5.74) is 2.26. The lowest BCUT2D eigenvalue weighted by Gasteiger charge is -2.03. The molecule has 0 amide bonds. The van der Waals surface area contributed by atoms with Crippen LogP contribution < -0.4 is 0 Å². The number of hydrogen-bond acceptors (Lipinski definition) is 2. The molecule has 0 aromatic carbocycles. The van der Waals surface area contributed by atoms with E-state index in [1.807, 2.05) is 6.92 Å². The summed E-state index contributed by atoms with van der Waals surface area (Å²) in [5.74, 6) is 0.575. The van der Waals surface area contributed by atoms with E-state index in [2.05, 4.69) is 19.0 Å². The first-order chi connectivity index (χ1) is 4.75. The summed E-state index contributed by atoms with van der Waals surface area (Å²) in [6.07, 6.45) is 2.88. The molecular weight excluding hydrogens is 126 g/mol. The third kappa shape index (κ3) is 1.20. The highest BCUT2D eigenvalue weighted by molar-refractivity contribution is 5.16. The van der Waals surface area contributed by atoms with E-state index in [1.165, 1.54) is 5.56 Å². The van der Waals surface area contributed by atoms with E-state index in [0.29, 0.717) is 5.92 Å². The number of hydrogen-bond donors (Lipinski definition) is 0. The Balaban J connectivity index is 2.82. The molecule has 1 rings (SSSR count). The van der Waals surface area contributed by atoms with Crippen molar-refractivity contribution in [3.05, 3.63) is 17.5 Å². The van der Waals surface area contributed by atoms with Crippen molar-refractivity contribution in [1.29, 1.82) is 0 Å².